The Kier molecular flexibility index (Phi) is 7.27. The summed E-state index contributed by atoms with van der Waals surface area (Å²) < 4.78 is 23.9. The van der Waals surface area contributed by atoms with E-state index in [0.29, 0.717) is 48.1 Å². The number of ether oxygens (including phenoxy) is 4. The van der Waals surface area contributed by atoms with Crippen molar-refractivity contribution < 1.29 is 18.9 Å². The molecule has 2 atom stereocenters. The Hall–Kier alpha value is -2.04. The third-order valence-electron chi connectivity index (χ3n) is 13.0. The molecule has 4 nitrogen and oxygen atoms in total. The highest BCUT2D eigenvalue weighted by Gasteiger charge is 2.59. The number of rotatable bonds is 10. The molecule has 2 saturated heterocycles. The Morgan fingerprint density at radius 2 is 1.02 bits per heavy atom. The molecule has 0 N–H and O–H groups in total. The first-order valence-corrected chi connectivity index (χ1v) is 18.4. The van der Waals surface area contributed by atoms with E-state index in [1.807, 2.05) is 0 Å². The third-order valence-corrected chi connectivity index (χ3v) is 13.0. The summed E-state index contributed by atoms with van der Waals surface area (Å²) in [7, 11) is 0. The smallest absolute Gasteiger partial charge is 0.122 e. The topological polar surface area (TPSA) is 43.5 Å². The minimum atomic E-state index is 0.300. The number of benzene rings is 2. The van der Waals surface area contributed by atoms with Gasteiger partial charge in [0.05, 0.1) is 13.2 Å². The molecule has 236 valence electrons. The highest BCUT2D eigenvalue weighted by molar-refractivity contribution is 5.48. The zero-order chi connectivity index (χ0) is 29.1. The normalized spacial score (nSPS) is 36.4. The van der Waals surface area contributed by atoms with Crippen LogP contribution >= 0.6 is 0 Å². The van der Waals surface area contributed by atoms with Gasteiger partial charge in [0.1, 0.15) is 36.9 Å². The van der Waals surface area contributed by atoms with E-state index >= 15 is 0 Å². The van der Waals surface area contributed by atoms with Crippen molar-refractivity contribution in [2.45, 2.75) is 138 Å². The van der Waals surface area contributed by atoms with Gasteiger partial charge in [0.25, 0.3) is 0 Å². The lowest BCUT2D eigenvalue weighted by molar-refractivity contribution is -0.0282. The third kappa shape index (κ3) is 5.40. The fourth-order valence-corrected chi connectivity index (χ4v) is 11.1. The Bertz CT molecular complexity index is 1230. The molecule has 2 heterocycles. The summed E-state index contributed by atoms with van der Waals surface area (Å²) in [5.41, 5.74) is 6.87. The second-order valence-corrected chi connectivity index (χ2v) is 16.2. The fourth-order valence-electron chi connectivity index (χ4n) is 11.1. The Morgan fingerprint density at radius 1 is 0.591 bits per heavy atom. The van der Waals surface area contributed by atoms with Crippen molar-refractivity contribution in [3.05, 3.63) is 58.7 Å². The predicted molar refractivity (Wildman–Crippen MR) is 173 cm³/mol. The zero-order valence-corrected chi connectivity index (χ0v) is 26.7. The molecule has 2 aliphatic heterocycles. The summed E-state index contributed by atoms with van der Waals surface area (Å²) in [6, 6.07) is 15.0. The molecule has 8 aliphatic rings. The summed E-state index contributed by atoms with van der Waals surface area (Å²) in [4.78, 5) is 0. The van der Waals surface area contributed by atoms with E-state index in [4.69, 9.17) is 18.9 Å². The highest BCUT2D eigenvalue weighted by Crippen LogP contribution is 2.66. The summed E-state index contributed by atoms with van der Waals surface area (Å²) in [6.07, 6.45) is 22.3. The molecular weight excluding hydrogens is 544 g/mol. The van der Waals surface area contributed by atoms with Crippen molar-refractivity contribution in [1.29, 1.82) is 0 Å². The van der Waals surface area contributed by atoms with Crippen LogP contribution in [0.3, 0.4) is 0 Å². The average molecular weight is 597 g/mol. The van der Waals surface area contributed by atoms with Crippen LogP contribution in [-0.2, 0) is 20.3 Å². The highest BCUT2D eigenvalue weighted by atomic mass is 16.6. The van der Waals surface area contributed by atoms with Gasteiger partial charge in [-0.2, -0.15) is 0 Å². The van der Waals surface area contributed by atoms with Crippen molar-refractivity contribution in [3.63, 3.8) is 0 Å². The molecule has 0 radical (unpaired) electrons. The first-order valence-electron chi connectivity index (χ1n) is 18.4. The van der Waals surface area contributed by atoms with Crippen LogP contribution in [0.2, 0.25) is 0 Å². The molecule has 4 bridgehead atoms. The fraction of sp³-hybridized carbons (Fsp3) is 0.700. The van der Waals surface area contributed by atoms with Crippen LogP contribution in [0.4, 0.5) is 0 Å². The second kappa shape index (κ2) is 11.3. The SMILES string of the molecule is c1cc(OCC2CO2)c(C2CCCCC2)cc1C12CC3CC(C1)CC(c1ccc(OCC4CO4)c(C4CCCCC4)c1)(C3)C2. The summed E-state index contributed by atoms with van der Waals surface area (Å²) in [5.74, 6) is 5.26. The van der Waals surface area contributed by atoms with Crippen LogP contribution in [-0.4, -0.2) is 38.6 Å². The first kappa shape index (κ1) is 28.2. The lowest BCUT2D eigenvalue weighted by Crippen LogP contribution is -2.56. The molecule has 4 heteroatoms. The molecule has 8 fully saturated rings. The van der Waals surface area contributed by atoms with Gasteiger partial charge in [-0.1, -0.05) is 62.8 Å². The maximum atomic E-state index is 6.45. The van der Waals surface area contributed by atoms with E-state index in [2.05, 4.69) is 36.4 Å². The molecule has 10 rings (SSSR count). The minimum Gasteiger partial charge on any atom is -0.490 e. The molecule has 2 aromatic rings. The number of hydrogen-bond donors (Lipinski definition) is 0. The summed E-state index contributed by atoms with van der Waals surface area (Å²) in [5, 5.41) is 0. The minimum absolute atomic E-state index is 0.300. The molecule has 2 unspecified atom stereocenters. The van der Waals surface area contributed by atoms with E-state index < -0.39 is 0 Å². The second-order valence-electron chi connectivity index (χ2n) is 16.2. The Labute approximate surface area is 264 Å². The van der Waals surface area contributed by atoms with Crippen molar-refractivity contribution in [2.24, 2.45) is 11.8 Å². The van der Waals surface area contributed by atoms with E-state index in [-0.39, 0.29) is 0 Å². The molecular formula is C40H52O4. The van der Waals surface area contributed by atoms with Gasteiger partial charge < -0.3 is 18.9 Å². The maximum Gasteiger partial charge on any atom is 0.122 e. The lowest BCUT2D eigenvalue weighted by atomic mass is 9.41. The zero-order valence-electron chi connectivity index (χ0n) is 26.7. The first-order chi connectivity index (χ1) is 21.6. The van der Waals surface area contributed by atoms with Gasteiger partial charge in [-0.15, -0.1) is 0 Å². The van der Waals surface area contributed by atoms with E-state index in [1.165, 1.54) is 114 Å². The molecule has 44 heavy (non-hydrogen) atoms. The van der Waals surface area contributed by atoms with Crippen LogP contribution in [0.15, 0.2) is 36.4 Å². The van der Waals surface area contributed by atoms with Crippen molar-refractivity contribution in [2.75, 3.05) is 26.4 Å². The van der Waals surface area contributed by atoms with Crippen LogP contribution < -0.4 is 9.47 Å². The predicted octanol–water partition coefficient (Wildman–Crippen LogP) is 9.13. The van der Waals surface area contributed by atoms with Crippen LogP contribution in [0.25, 0.3) is 0 Å². The van der Waals surface area contributed by atoms with E-state index in [0.717, 1.165) is 36.5 Å². The van der Waals surface area contributed by atoms with Crippen LogP contribution in [0.5, 0.6) is 11.5 Å². The molecule has 2 aromatic carbocycles. The average Bonchev–Trinajstić information content (AvgIpc) is 3.99. The summed E-state index contributed by atoms with van der Waals surface area (Å²) in [6.45, 7) is 3.12. The van der Waals surface area contributed by atoms with Crippen molar-refractivity contribution in [1.82, 2.24) is 0 Å². The van der Waals surface area contributed by atoms with Gasteiger partial charge >= 0.3 is 0 Å². The van der Waals surface area contributed by atoms with E-state index in [9.17, 15) is 0 Å². The Morgan fingerprint density at radius 3 is 1.43 bits per heavy atom. The quantitative estimate of drug-likeness (QED) is 0.257. The molecule has 6 saturated carbocycles. The van der Waals surface area contributed by atoms with Crippen molar-refractivity contribution >= 4 is 0 Å². The Balaban J connectivity index is 1.06. The van der Waals surface area contributed by atoms with Crippen LogP contribution in [0.1, 0.15) is 137 Å². The maximum absolute atomic E-state index is 6.45. The van der Waals surface area contributed by atoms with Gasteiger partial charge in [-0.05, 0) is 133 Å². The van der Waals surface area contributed by atoms with Crippen LogP contribution in [0, 0.1) is 11.8 Å². The molecule has 6 aliphatic carbocycles. The lowest BCUT2D eigenvalue weighted by Gasteiger charge is -2.63. The van der Waals surface area contributed by atoms with Gasteiger partial charge in [-0.25, -0.2) is 0 Å². The summed E-state index contributed by atoms with van der Waals surface area (Å²) >= 11 is 0. The van der Waals surface area contributed by atoms with Crippen molar-refractivity contribution in [3.8, 4) is 11.5 Å². The van der Waals surface area contributed by atoms with E-state index in [1.54, 1.807) is 11.1 Å². The van der Waals surface area contributed by atoms with Gasteiger partial charge in [0, 0.05) is 0 Å². The van der Waals surface area contributed by atoms with Gasteiger partial charge in [0.2, 0.25) is 0 Å². The monoisotopic (exact) mass is 596 g/mol. The van der Waals surface area contributed by atoms with Gasteiger partial charge in [0.15, 0.2) is 0 Å². The largest absolute Gasteiger partial charge is 0.490 e. The molecule has 0 spiro atoms. The standard InChI is InChI=1S/C40H52O4/c1-3-7-29(8-4-1)35-16-31(11-13-37(35)43-24-33-22-41-33)39-18-27-15-28(19-39)21-40(20-27,26-39)32-12-14-38(44-25-34-23-42-34)36(17-32)30-9-5-2-6-10-30/h11-14,16-17,27-30,33-34H,1-10,15,18-26H2. The number of epoxide rings is 2. The molecule has 0 amide bonds. The molecule has 0 aromatic heterocycles. The number of hydrogen-bond acceptors (Lipinski definition) is 4. The van der Waals surface area contributed by atoms with Gasteiger partial charge in [-0.3, -0.25) is 0 Å².